The third kappa shape index (κ3) is 2.48. The van der Waals surface area contributed by atoms with Crippen molar-refractivity contribution in [1.82, 2.24) is 0 Å². The number of hydrogen-bond donors (Lipinski definition) is 0. The molecule has 1 fully saturated rings. The Balaban J connectivity index is 2.33. The van der Waals surface area contributed by atoms with Gasteiger partial charge in [-0.2, -0.15) is 0 Å². The zero-order valence-corrected chi connectivity index (χ0v) is 7.73. The van der Waals surface area contributed by atoms with Crippen LogP contribution in [0.15, 0.2) is 0 Å². The lowest BCUT2D eigenvalue weighted by molar-refractivity contribution is -0.120. The molecule has 0 bridgehead atoms. The molecule has 1 aliphatic rings. The van der Waals surface area contributed by atoms with Crippen molar-refractivity contribution in [3.8, 4) is 0 Å². The van der Waals surface area contributed by atoms with Gasteiger partial charge in [0.1, 0.15) is 0 Å². The molecule has 1 rings (SSSR count). The van der Waals surface area contributed by atoms with Crippen LogP contribution in [0.4, 0.5) is 0 Å². The Morgan fingerprint density at radius 1 is 1.64 bits per heavy atom. The van der Waals surface area contributed by atoms with E-state index < -0.39 is 0 Å². The molecule has 2 heteroatoms. The molecule has 0 radical (unpaired) electrons. The minimum absolute atomic E-state index is 0.180. The molecule has 64 valence electrons. The summed E-state index contributed by atoms with van der Waals surface area (Å²) in [5, 5.41) is -0.180. The minimum Gasteiger partial charge on any atom is -0.298 e. The highest BCUT2D eigenvalue weighted by Gasteiger charge is 2.25. The molecule has 0 spiro atoms. The van der Waals surface area contributed by atoms with Crippen LogP contribution < -0.4 is 0 Å². The number of rotatable bonds is 2. The van der Waals surface area contributed by atoms with Crippen molar-refractivity contribution in [3.63, 3.8) is 0 Å². The Hall–Kier alpha value is -0.0400. The zero-order chi connectivity index (χ0) is 8.27. The number of ketones is 1. The largest absolute Gasteiger partial charge is 0.298 e. The van der Waals surface area contributed by atoms with E-state index >= 15 is 0 Å². The summed E-state index contributed by atoms with van der Waals surface area (Å²) in [4.78, 5) is 11.0. The standard InChI is InChI=1S/C9H15ClO/c1-2-3-7-4-5-9(11)8(10)6-7/h7-8H,2-6H2,1H3. The fraction of sp³-hybridized carbons (Fsp3) is 0.889. The number of alkyl halides is 1. The van der Waals surface area contributed by atoms with E-state index in [2.05, 4.69) is 6.92 Å². The molecule has 1 saturated carbocycles. The molecule has 0 amide bonds. The molecule has 2 atom stereocenters. The second-order valence-electron chi connectivity index (χ2n) is 3.36. The molecule has 0 heterocycles. The molecule has 1 aliphatic carbocycles. The predicted molar refractivity (Wildman–Crippen MR) is 46.9 cm³/mol. The van der Waals surface area contributed by atoms with Crippen LogP contribution in [0.5, 0.6) is 0 Å². The maximum Gasteiger partial charge on any atom is 0.150 e. The van der Waals surface area contributed by atoms with Crippen LogP contribution in [0.3, 0.4) is 0 Å². The molecular weight excluding hydrogens is 160 g/mol. The van der Waals surface area contributed by atoms with Gasteiger partial charge in [0.05, 0.1) is 5.38 Å². The van der Waals surface area contributed by atoms with E-state index in [-0.39, 0.29) is 11.2 Å². The van der Waals surface area contributed by atoms with Crippen molar-refractivity contribution in [1.29, 1.82) is 0 Å². The number of halogens is 1. The van der Waals surface area contributed by atoms with Gasteiger partial charge in [-0.3, -0.25) is 4.79 Å². The summed E-state index contributed by atoms with van der Waals surface area (Å²) in [6.07, 6.45) is 5.13. The lowest BCUT2D eigenvalue weighted by Gasteiger charge is -2.23. The third-order valence-corrected chi connectivity index (χ3v) is 2.81. The fourth-order valence-corrected chi connectivity index (χ4v) is 2.08. The first kappa shape index (κ1) is 9.05. The van der Waals surface area contributed by atoms with Crippen molar-refractivity contribution >= 4 is 17.4 Å². The van der Waals surface area contributed by atoms with E-state index in [1.54, 1.807) is 0 Å². The van der Waals surface area contributed by atoms with Crippen LogP contribution in [0.1, 0.15) is 39.0 Å². The van der Waals surface area contributed by atoms with Crippen LogP contribution in [0, 0.1) is 5.92 Å². The molecule has 0 saturated heterocycles. The van der Waals surface area contributed by atoms with Crippen molar-refractivity contribution in [2.45, 2.75) is 44.4 Å². The maximum atomic E-state index is 11.0. The number of carbonyl (C=O) groups excluding carboxylic acids is 1. The molecule has 11 heavy (non-hydrogen) atoms. The van der Waals surface area contributed by atoms with Gasteiger partial charge in [0.2, 0.25) is 0 Å². The molecule has 0 aliphatic heterocycles. The van der Waals surface area contributed by atoms with Gasteiger partial charge >= 0.3 is 0 Å². The first-order chi connectivity index (χ1) is 5.24. The van der Waals surface area contributed by atoms with E-state index in [0.717, 1.165) is 12.8 Å². The third-order valence-electron chi connectivity index (χ3n) is 2.39. The van der Waals surface area contributed by atoms with E-state index in [0.29, 0.717) is 12.3 Å². The van der Waals surface area contributed by atoms with Gasteiger partial charge in [0, 0.05) is 6.42 Å². The minimum atomic E-state index is -0.180. The fourth-order valence-electron chi connectivity index (χ4n) is 1.72. The Bertz CT molecular complexity index is 144. The molecule has 0 N–H and O–H groups in total. The summed E-state index contributed by atoms with van der Waals surface area (Å²) in [7, 11) is 0. The van der Waals surface area contributed by atoms with E-state index in [1.165, 1.54) is 12.8 Å². The highest BCUT2D eigenvalue weighted by molar-refractivity contribution is 6.31. The molecular formula is C9H15ClO. The van der Waals surface area contributed by atoms with E-state index in [9.17, 15) is 4.79 Å². The highest BCUT2D eigenvalue weighted by atomic mass is 35.5. The van der Waals surface area contributed by atoms with Crippen molar-refractivity contribution < 1.29 is 4.79 Å². The number of carbonyl (C=O) groups is 1. The summed E-state index contributed by atoms with van der Waals surface area (Å²) in [6, 6.07) is 0. The summed E-state index contributed by atoms with van der Waals surface area (Å²) >= 11 is 5.85. The Labute approximate surface area is 73.1 Å². The van der Waals surface area contributed by atoms with E-state index in [4.69, 9.17) is 11.6 Å². The number of hydrogen-bond acceptors (Lipinski definition) is 1. The molecule has 0 aromatic heterocycles. The Morgan fingerprint density at radius 3 is 2.91 bits per heavy atom. The van der Waals surface area contributed by atoms with Crippen molar-refractivity contribution in [3.05, 3.63) is 0 Å². The van der Waals surface area contributed by atoms with Crippen LogP contribution in [-0.4, -0.2) is 11.2 Å². The molecule has 2 unspecified atom stereocenters. The highest BCUT2D eigenvalue weighted by Crippen LogP contribution is 2.28. The topological polar surface area (TPSA) is 17.1 Å². The summed E-state index contributed by atoms with van der Waals surface area (Å²) < 4.78 is 0. The van der Waals surface area contributed by atoms with Gasteiger partial charge in [-0.1, -0.05) is 19.8 Å². The predicted octanol–water partition coefficient (Wildman–Crippen LogP) is 2.76. The van der Waals surface area contributed by atoms with Crippen LogP contribution in [-0.2, 0) is 4.79 Å². The first-order valence-electron chi connectivity index (χ1n) is 4.40. The van der Waals surface area contributed by atoms with Gasteiger partial charge < -0.3 is 0 Å². The lowest BCUT2D eigenvalue weighted by atomic mass is 9.85. The monoisotopic (exact) mass is 174 g/mol. The SMILES string of the molecule is CCCC1CCC(=O)C(Cl)C1. The molecule has 1 nitrogen and oxygen atoms in total. The summed E-state index contributed by atoms with van der Waals surface area (Å²) in [5.74, 6) is 0.958. The second-order valence-corrected chi connectivity index (χ2v) is 3.89. The van der Waals surface area contributed by atoms with Crippen LogP contribution >= 0.6 is 11.6 Å². The zero-order valence-electron chi connectivity index (χ0n) is 6.98. The first-order valence-corrected chi connectivity index (χ1v) is 4.84. The van der Waals surface area contributed by atoms with Crippen LogP contribution in [0.25, 0.3) is 0 Å². The number of Topliss-reactive ketones (excluding diaryl/α,β-unsaturated/α-hetero) is 1. The summed E-state index contributed by atoms with van der Waals surface area (Å²) in [5.41, 5.74) is 0. The van der Waals surface area contributed by atoms with Gasteiger partial charge in [0.15, 0.2) is 5.78 Å². The van der Waals surface area contributed by atoms with Crippen molar-refractivity contribution in [2.24, 2.45) is 5.92 Å². The van der Waals surface area contributed by atoms with Gasteiger partial charge in [-0.05, 0) is 18.8 Å². The van der Waals surface area contributed by atoms with Crippen molar-refractivity contribution in [2.75, 3.05) is 0 Å². The lowest BCUT2D eigenvalue weighted by Crippen LogP contribution is -2.25. The molecule has 0 aromatic carbocycles. The quantitative estimate of drug-likeness (QED) is 0.589. The van der Waals surface area contributed by atoms with Crippen LogP contribution in [0.2, 0.25) is 0 Å². The Morgan fingerprint density at radius 2 is 2.36 bits per heavy atom. The average Bonchev–Trinajstić information content (AvgIpc) is 1.98. The maximum absolute atomic E-state index is 11.0. The van der Waals surface area contributed by atoms with Gasteiger partial charge in [-0.15, -0.1) is 11.6 Å². The average molecular weight is 175 g/mol. The van der Waals surface area contributed by atoms with Gasteiger partial charge in [0.25, 0.3) is 0 Å². The van der Waals surface area contributed by atoms with E-state index in [1.807, 2.05) is 0 Å². The smallest absolute Gasteiger partial charge is 0.150 e. The summed E-state index contributed by atoms with van der Waals surface area (Å²) in [6.45, 7) is 2.18. The van der Waals surface area contributed by atoms with Gasteiger partial charge in [-0.25, -0.2) is 0 Å². The second kappa shape index (κ2) is 4.10. The Kier molecular flexibility index (Phi) is 3.38. The normalized spacial score (nSPS) is 32.4. The molecule has 0 aromatic rings.